The first-order valence-corrected chi connectivity index (χ1v) is 11.5. The van der Waals surface area contributed by atoms with Gasteiger partial charge in [0.2, 0.25) is 5.91 Å². The average Bonchev–Trinajstić information content (AvgIpc) is 3.34. The van der Waals surface area contributed by atoms with Crippen LogP contribution in [0.5, 0.6) is 5.75 Å². The number of pyridine rings is 1. The lowest BCUT2D eigenvalue weighted by Crippen LogP contribution is -2.32. The highest BCUT2D eigenvalue weighted by Gasteiger charge is 2.33. The molecule has 0 radical (unpaired) electrons. The number of carbonyl (C=O) groups excluding carboxylic acids is 1. The molecule has 7 nitrogen and oxygen atoms in total. The molecule has 1 N–H and O–H groups in total. The number of hydrogen-bond donors (Lipinski definition) is 1. The monoisotopic (exact) mass is 436 g/mol. The minimum atomic E-state index is -0.239. The van der Waals surface area contributed by atoms with Gasteiger partial charge in [0.05, 0.1) is 17.1 Å². The van der Waals surface area contributed by atoms with E-state index in [4.69, 9.17) is 4.98 Å². The molecule has 1 aliphatic rings. The standard InChI is InChI=1S/C25H32N4O3/c1-17(2)16-29-21-9-5-4-8-20(21)26-25(29)22-10-6-13-28(22)23(31)11-7-12-27-18(3)14-19(30)15-24(27)32/h4-5,8-9,14-15,17,22,30H,6-7,10-13,16H2,1-3H3. The van der Waals surface area contributed by atoms with Gasteiger partial charge in [-0.3, -0.25) is 9.59 Å². The third kappa shape index (κ3) is 4.42. The number of para-hydroxylation sites is 2. The van der Waals surface area contributed by atoms with Gasteiger partial charge in [-0.1, -0.05) is 26.0 Å². The SMILES string of the molecule is Cc1cc(O)cc(=O)n1CCCC(=O)N1CCCC1c1nc2ccccc2n1CC(C)C. The van der Waals surface area contributed by atoms with Crippen LogP contribution in [0.4, 0.5) is 0 Å². The minimum Gasteiger partial charge on any atom is -0.508 e. The Morgan fingerprint density at radius 1 is 1.22 bits per heavy atom. The Bertz CT molecular complexity index is 1180. The summed E-state index contributed by atoms with van der Waals surface area (Å²) in [6, 6.07) is 11.0. The van der Waals surface area contributed by atoms with E-state index in [1.165, 1.54) is 6.07 Å². The van der Waals surface area contributed by atoms with Crippen molar-refractivity contribution in [3.63, 3.8) is 0 Å². The second-order valence-corrected chi connectivity index (χ2v) is 9.16. The number of benzene rings is 1. The van der Waals surface area contributed by atoms with Crippen LogP contribution in [-0.2, 0) is 17.9 Å². The first kappa shape index (κ1) is 22.1. The molecule has 7 heteroatoms. The summed E-state index contributed by atoms with van der Waals surface area (Å²) >= 11 is 0. The van der Waals surface area contributed by atoms with Gasteiger partial charge in [-0.2, -0.15) is 0 Å². The maximum Gasteiger partial charge on any atom is 0.254 e. The predicted molar refractivity (Wildman–Crippen MR) is 125 cm³/mol. The fourth-order valence-corrected chi connectivity index (χ4v) is 4.77. The Morgan fingerprint density at radius 2 is 2.00 bits per heavy atom. The molecule has 170 valence electrons. The number of aryl methyl sites for hydroxylation is 1. The Balaban J connectivity index is 1.50. The van der Waals surface area contributed by atoms with E-state index in [1.54, 1.807) is 17.6 Å². The molecule has 1 fully saturated rings. The first-order valence-electron chi connectivity index (χ1n) is 11.5. The van der Waals surface area contributed by atoms with E-state index in [0.29, 0.717) is 31.0 Å². The minimum absolute atomic E-state index is 0.00761. The van der Waals surface area contributed by atoms with Crippen molar-refractivity contribution in [2.24, 2.45) is 5.92 Å². The molecule has 1 amide bonds. The molecule has 1 saturated heterocycles. The summed E-state index contributed by atoms with van der Waals surface area (Å²) in [5.41, 5.74) is 2.56. The van der Waals surface area contributed by atoms with E-state index in [0.717, 1.165) is 42.8 Å². The van der Waals surface area contributed by atoms with Crippen LogP contribution in [0.15, 0.2) is 41.2 Å². The highest BCUT2D eigenvalue weighted by Crippen LogP contribution is 2.34. The van der Waals surface area contributed by atoms with Gasteiger partial charge in [0.15, 0.2) is 0 Å². The van der Waals surface area contributed by atoms with Crippen molar-refractivity contribution in [3.8, 4) is 5.75 Å². The van der Waals surface area contributed by atoms with Gasteiger partial charge >= 0.3 is 0 Å². The number of aromatic hydroxyl groups is 1. The van der Waals surface area contributed by atoms with E-state index in [2.05, 4.69) is 24.5 Å². The molecule has 1 aromatic carbocycles. The van der Waals surface area contributed by atoms with Gasteiger partial charge in [-0.15, -0.1) is 0 Å². The van der Waals surface area contributed by atoms with Crippen LogP contribution in [0.2, 0.25) is 0 Å². The smallest absolute Gasteiger partial charge is 0.254 e. The van der Waals surface area contributed by atoms with Crippen LogP contribution in [0.25, 0.3) is 11.0 Å². The zero-order chi connectivity index (χ0) is 22.8. The van der Waals surface area contributed by atoms with Crippen LogP contribution >= 0.6 is 0 Å². The lowest BCUT2D eigenvalue weighted by molar-refractivity contribution is -0.132. The molecule has 0 aliphatic carbocycles. The molecule has 1 atom stereocenters. The molecular weight excluding hydrogens is 404 g/mol. The number of fused-ring (bicyclic) bond motifs is 1. The molecule has 3 heterocycles. The Hall–Kier alpha value is -3.09. The molecule has 0 saturated carbocycles. The second-order valence-electron chi connectivity index (χ2n) is 9.16. The molecule has 32 heavy (non-hydrogen) atoms. The zero-order valence-electron chi connectivity index (χ0n) is 19.1. The number of rotatable bonds is 7. The summed E-state index contributed by atoms with van der Waals surface area (Å²) in [4.78, 5) is 32.2. The van der Waals surface area contributed by atoms with Gasteiger partial charge in [0.1, 0.15) is 11.6 Å². The summed E-state index contributed by atoms with van der Waals surface area (Å²) in [5, 5.41) is 9.56. The van der Waals surface area contributed by atoms with Crippen molar-refractivity contribution < 1.29 is 9.90 Å². The topological polar surface area (TPSA) is 80.4 Å². The van der Waals surface area contributed by atoms with Crippen molar-refractivity contribution in [1.29, 1.82) is 0 Å². The van der Waals surface area contributed by atoms with Crippen molar-refractivity contribution in [2.45, 2.75) is 65.6 Å². The molecule has 0 spiro atoms. The summed E-state index contributed by atoms with van der Waals surface area (Å²) in [5.74, 6) is 1.55. The van der Waals surface area contributed by atoms with Gasteiger partial charge in [0.25, 0.3) is 5.56 Å². The number of amides is 1. The molecule has 1 aliphatic heterocycles. The van der Waals surface area contributed by atoms with Crippen LogP contribution in [-0.4, -0.2) is 36.6 Å². The molecule has 4 rings (SSSR count). The molecule has 0 bridgehead atoms. The average molecular weight is 437 g/mol. The summed E-state index contributed by atoms with van der Waals surface area (Å²) < 4.78 is 3.89. The molecule has 1 unspecified atom stereocenters. The summed E-state index contributed by atoms with van der Waals surface area (Å²) in [7, 11) is 0. The van der Waals surface area contributed by atoms with E-state index < -0.39 is 0 Å². The van der Waals surface area contributed by atoms with Crippen LogP contribution < -0.4 is 5.56 Å². The fourth-order valence-electron chi connectivity index (χ4n) is 4.77. The van der Waals surface area contributed by atoms with E-state index in [9.17, 15) is 14.7 Å². The summed E-state index contributed by atoms with van der Waals surface area (Å²) in [6.07, 6.45) is 2.85. The van der Waals surface area contributed by atoms with Crippen LogP contribution in [0.3, 0.4) is 0 Å². The molecule has 3 aromatic rings. The Morgan fingerprint density at radius 3 is 2.75 bits per heavy atom. The fraction of sp³-hybridized carbons (Fsp3) is 0.480. The number of imidazole rings is 1. The summed E-state index contributed by atoms with van der Waals surface area (Å²) in [6.45, 7) is 8.26. The zero-order valence-corrected chi connectivity index (χ0v) is 19.1. The van der Waals surface area contributed by atoms with Crippen molar-refractivity contribution in [3.05, 3.63) is 58.3 Å². The van der Waals surface area contributed by atoms with Gasteiger partial charge < -0.3 is 19.1 Å². The quantitative estimate of drug-likeness (QED) is 0.607. The second kappa shape index (κ2) is 9.18. The largest absolute Gasteiger partial charge is 0.508 e. The Kier molecular flexibility index (Phi) is 6.35. The highest BCUT2D eigenvalue weighted by atomic mass is 16.3. The maximum atomic E-state index is 13.2. The Labute approximate surface area is 188 Å². The van der Waals surface area contributed by atoms with Gasteiger partial charge in [0, 0.05) is 37.8 Å². The van der Waals surface area contributed by atoms with E-state index in [1.807, 2.05) is 23.1 Å². The van der Waals surface area contributed by atoms with Crippen LogP contribution in [0.1, 0.15) is 57.1 Å². The van der Waals surface area contributed by atoms with Crippen molar-refractivity contribution in [1.82, 2.24) is 19.0 Å². The van der Waals surface area contributed by atoms with E-state index >= 15 is 0 Å². The number of aromatic nitrogens is 3. The molecular formula is C25H32N4O3. The van der Waals surface area contributed by atoms with Crippen molar-refractivity contribution in [2.75, 3.05) is 6.54 Å². The lowest BCUT2D eigenvalue weighted by Gasteiger charge is -2.26. The van der Waals surface area contributed by atoms with Gasteiger partial charge in [-0.05, 0) is 50.3 Å². The number of carbonyl (C=O) groups is 1. The van der Waals surface area contributed by atoms with E-state index in [-0.39, 0.29) is 23.3 Å². The number of likely N-dealkylation sites (tertiary alicyclic amines) is 1. The predicted octanol–water partition coefficient (Wildman–Crippen LogP) is 4.01. The third-order valence-corrected chi connectivity index (χ3v) is 6.20. The number of hydrogen-bond acceptors (Lipinski definition) is 4. The first-order chi connectivity index (χ1) is 15.3. The van der Waals surface area contributed by atoms with Crippen LogP contribution in [0, 0.1) is 12.8 Å². The van der Waals surface area contributed by atoms with Gasteiger partial charge in [-0.25, -0.2) is 4.98 Å². The van der Waals surface area contributed by atoms with Crippen molar-refractivity contribution >= 4 is 16.9 Å². The highest BCUT2D eigenvalue weighted by molar-refractivity contribution is 5.78. The normalized spacial score (nSPS) is 16.4. The third-order valence-electron chi connectivity index (χ3n) is 6.20. The lowest BCUT2D eigenvalue weighted by atomic mass is 10.1. The maximum absolute atomic E-state index is 13.2. The molecule has 2 aromatic heterocycles. The number of nitrogens with zero attached hydrogens (tertiary/aromatic N) is 4.